The number of carbonyl (C=O) groups excluding carboxylic acids is 2. The maximum absolute atomic E-state index is 13.2. The number of allylic oxidation sites excluding steroid dienone is 2. The number of carbonyl (C=O) groups is 2. The summed E-state index contributed by atoms with van der Waals surface area (Å²) in [6.45, 7) is 2.95. The number of rotatable bonds is 14. The Morgan fingerprint density at radius 1 is 1.13 bits per heavy atom. The number of aliphatic hydroxyl groups excluding tert-OH is 5. The second-order valence-corrected chi connectivity index (χ2v) is 14.0. The number of benzene rings is 1. The van der Waals surface area contributed by atoms with Gasteiger partial charge < -0.3 is 35.0 Å². The van der Waals surface area contributed by atoms with E-state index in [9.17, 15) is 35.1 Å². The fourth-order valence-electron chi connectivity index (χ4n) is 6.00. The van der Waals surface area contributed by atoms with E-state index >= 15 is 0 Å². The van der Waals surface area contributed by atoms with Crippen LogP contribution in [0.25, 0.3) is 10.1 Å². The van der Waals surface area contributed by atoms with Gasteiger partial charge in [0.2, 0.25) is 6.29 Å². The molecule has 4 rings (SSSR count). The predicted molar refractivity (Wildman–Crippen MR) is 171 cm³/mol. The van der Waals surface area contributed by atoms with Crippen LogP contribution in [0.15, 0.2) is 48.6 Å². The van der Waals surface area contributed by atoms with Crippen LogP contribution in [-0.4, -0.2) is 92.1 Å². The zero-order valence-electron chi connectivity index (χ0n) is 25.8. The number of Topliss-reactive ketones (excluding diaryl/α,β-unsaturated/α-hetero) is 1. The molecule has 11 nitrogen and oxygen atoms in total. The molecule has 2 heterocycles. The molecule has 2 aromatic rings. The SMILES string of the molecule is CC1(C)C(=O)[C@H](C/C=C\CCCC(=O)OC2O[C@H](COO)[C@@H](O)[C@H](O)[C@H]2O)[C@@H](/C=C/C(O)CCc2sc3ccccc3c2Cl)[C@@H]1O. The molecule has 2 fully saturated rings. The molecule has 254 valence electrons. The van der Waals surface area contributed by atoms with Crippen LogP contribution in [0.2, 0.25) is 5.02 Å². The number of hydrogen-bond acceptors (Lipinski definition) is 12. The zero-order valence-corrected chi connectivity index (χ0v) is 27.3. The third-order valence-corrected chi connectivity index (χ3v) is 10.6. The molecule has 9 atom stereocenters. The average molecular weight is 683 g/mol. The highest BCUT2D eigenvalue weighted by Crippen LogP contribution is 2.45. The van der Waals surface area contributed by atoms with Gasteiger partial charge in [0.05, 0.1) is 22.6 Å². The third kappa shape index (κ3) is 8.43. The van der Waals surface area contributed by atoms with E-state index in [1.807, 2.05) is 36.4 Å². The van der Waals surface area contributed by atoms with E-state index in [2.05, 4.69) is 4.89 Å². The molecule has 1 saturated heterocycles. The second kappa shape index (κ2) is 16.2. The van der Waals surface area contributed by atoms with Crippen molar-refractivity contribution in [3.63, 3.8) is 0 Å². The fourth-order valence-corrected chi connectivity index (χ4v) is 7.54. The lowest BCUT2D eigenvalue weighted by Crippen LogP contribution is -2.59. The van der Waals surface area contributed by atoms with Crippen molar-refractivity contribution in [2.24, 2.45) is 17.3 Å². The average Bonchev–Trinajstić information content (AvgIpc) is 3.43. The minimum atomic E-state index is -1.68. The quantitative estimate of drug-likeness (QED) is 0.0563. The number of aliphatic hydroxyl groups is 5. The Bertz CT molecular complexity index is 1390. The van der Waals surface area contributed by atoms with E-state index in [1.54, 1.807) is 37.3 Å². The molecular weight excluding hydrogens is 640 g/mol. The summed E-state index contributed by atoms with van der Waals surface area (Å²) in [5, 5.41) is 61.9. The number of ketones is 1. The van der Waals surface area contributed by atoms with Gasteiger partial charge in [0, 0.05) is 33.2 Å². The van der Waals surface area contributed by atoms with Crippen molar-refractivity contribution in [3.8, 4) is 0 Å². The Hall–Kier alpha value is -2.23. The zero-order chi connectivity index (χ0) is 33.6. The maximum atomic E-state index is 13.2. The standard InChI is InChI=1S/C33H43ClO11S/c1-33(2)30(40)19(9-5-3-4-6-12-25(36)45-32-29(39)28(38)27(37)22(44-32)17-43-42)20(31(33)41)15-13-18(35)14-16-24-26(34)21-10-7-8-11-23(21)46-24/h3,5,7-8,10-11,13,15,18-20,22,27-29,31-32,35,37-39,41-42H,4,6,9,12,14,16-17H2,1-2H3/b5-3-,15-13+/t18?,19-,20-,22-,27-,28+,29-,31+,32?/m1/s1. The first kappa shape index (κ1) is 36.6. The number of thiophene rings is 1. The van der Waals surface area contributed by atoms with Crippen LogP contribution >= 0.6 is 22.9 Å². The van der Waals surface area contributed by atoms with Gasteiger partial charge in [0.1, 0.15) is 36.8 Å². The minimum Gasteiger partial charge on any atom is -0.433 e. The Morgan fingerprint density at radius 3 is 2.59 bits per heavy atom. The highest BCUT2D eigenvalue weighted by Gasteiger charge is 2.52. The van der Waals surface area contributed by atoms with Crippen LogP contribution in [0.5, 0.6) is 0 Å². The van der Waals surface area contributed by atoms with Crippen LogP contribution in [0.3, 0.4) is 0 Å². The van der Waals surface area contributed by atoms with E-state index in [0.717, 1.165) is 15.0 Å². The Morgan fingerprint density at radius 2 is 1.87 bits per heavy atom. The molecule has 0 amide bonds. The number of unbranched alkanes of at least 4 members (excludes halogenated alkanes) is 1. The van der Waals surface area contributed by atoms with E-state index in [0.29, 0.717) is 37.1 Å². The number of fused-ring (bicyclic) bond motifs is 1. The third-order valence-electron chi connectivity index (χ3n) is 8.83. The normalized spacial score (nSPS) is 30.5. The molecule has 2 unspecified atom stereocenters. The van der Waals surface area contributed by atoms with Crippen LogP contribution in [0, 0.1) is 17.3 Å². The first-order valence-corrected chi connectivity index (χ1v) is 16.6. The molecule has 0 spiro atoms. The summed E-state index contributed by atoms with van der Waals surface area (Å²) in [5.74, 6) is -1.70. The van der Waals surface area contributed by atoms with Gasteiger partial charge in [0.25, 0.3) is 0 Å². The van der Waals surface area contributed by atoms with E-state index in [4.69, 9.17) is 26.3 Å². The van der Waals surface area contributed by atoms with Crippen LogP contribution in [-0.2, 0) is 30.4 Å². The summed E-state index contributed by atoms with van der Waals surface area (Å²) >= 11 is 8.15. The summed E-state index contributed by atoms with van der Waals surface area (Å²) in [6.07, 6.45) is 0.0266. The molecule has 1 aromatic heterocycles. The lowest BCUT2D eigenvalue weighted by molar-refractivity contribution is -0.325. The molecule has 2 aliphatic rings. The summed E-state index contributed by atoms with van der Waals surface area (Å²) in [4.78, 5) is 30.4. The van der Waals surface area contributed by atoms with E-state index in [1.165, 1.54) is 0 Å². The van der Waals surface area contributed by atoms with Gasteiger partial charge >= 0.3 is 5.97 Å². The van der Waals surface area contributed by atoms with Crippen molar-refractivity contribution in [3.05, 3.63) is 58.5 Å². The molecule has 0 radical (unpaired) electrons. The first-order valence-electron chi connectivity index (χ1n) is 15.4. The van der Waals surface area contributed by atoms with Gasteiger partial charge in [-0.25, -0.2) is 4.89 Å². The van der Waals surface area contributed by atoms with Crippen molar-refractivity contribution < 1.29 is 54.7 Å². The molecule has 46 heavy (non-hydrogen) atoms. The second-order valence-electron chi connectivity index (χ2n) is 12.4. The van der Waals surface area contributed by atoms with Crippen LogP contribution in [0.1, 0.15) is 50.8 Å². The summed E-state index contributed by atoms with van der Waals surface area (Å²) in [5.41, 5.74) is -0.940. The van der Waals surface area contributed by atoms with Gasteiger partial charge in [-0.2, -0.15) is 0 Å². The van der Waals surface area contributed by atoms with Gasteiger partial charge in [-0.3, -0.25) is 14.8 Å². The van der Waals surface area contributed by atoms with Gasteiger partial charge in [0.15, 0.2) is 0 Å². The van der Waals surface area contributed by atoms with Crippen molar-refractivity contribution in [2.75, 3.05) is 6.61 Å². The predicted octanol–water partition coefficient (Wildman–Crippen LogP) is 3.56. The number of aryl methyl sites for hydroxylation is 1. The van der Waals surface area contributed by atoms with Crippen molar-refractivity contribution in [2.45, 2.75) is 95.3 Å². The Labute approximate surface area is 276 Å². The van der Waals surface area contributed by atoms with E-state index in [-0.39, 0.29) is 12.2 Å². The van der Waals surface area contributed by atoms with Crippen molar-refractivity contribution in [1.29, 1.82) is 0 Å². The first-order chi connectivity index (χ1) is 21.9. The molecule has 1 aliphatic heterocycles. The molecule has 1 aromatic carbocycles. The number of esters is 1. The number of hydrogen-bond donors (Lipinski definition) is 6. The number of ether oxygens (including phenoxy) is 2. The molecule has 1 saturated carbocycles. The monoisotopic (exact) mass is 682 g/mol. The topological polar surface area (TPSA) is 183 Å². The summed E-state index contributed by atoms with van der Waals surface area (Å²) in [7, 11) is 0. The van der Waals surface area contributed by atoms with Crippen LogP contribution < -0.4 is 0 Å². The Balaban J connectivity index is 1.25. The maximum Gasteiger partial charge on any atom is 0.308 e. The van der Waals surface area contributed by atoms with E-state index < -0.39 is 72.7 Å². The lowest BCUT2D eigenvalue weighted by Gasteiger charge is -2.39. The van der Waals surface area contributed by atoms with Crippen molar-refractivity contribution >= 4 is 44.8 Å². The van der Waals surface area contributed by atoms with Gasteiger partial charge in [-0.05, 0) is 38.2 Å². The molecule has 0 bridgehead atoms. The van der Waals surface area contributed by atoms with Crippen molar-refractivity contribution in [1.82, 2.24) is 0 Å². The molecule has 13 heteroatoms. The fraction of sp³-hybridized carbons (Fsp3) is 0.576. The summed E-state index contributed by atoms with van der Waals surface area (Å²) < 4.78 is 11.4. The van der Waals surface area contributed by atoms with Gasteiger partial charge in [-0.15, -0.1) is 11.3 Å². The summed E-state index contributed by atoms with van der Waals surface area (Å²) in [6, 6.07) is 7.89. The van der Waals surface area contributed by atoms with Crippen LogP contribution in [0.4, 0.5) is 0 Å². The highest BCUT2D eigenvalue weighted by atomic mass is 35.5. The molecule has 6 N–H and O–H groups in total. The molecule has 1 aliphatic carbocycles. The highest BCUT2D eigenvalue weighted by molar-refractivity contribution is 7.19. The lowest BCUT2D eigenvalue weighted by atomic mass is 9.86. The van der Waals surface area contributed by atoms with Gasteiger partial charge in [-0.1, -0.05) is 68.0 Å². The minimum absolute atomic E-state index is 0.0270. The largest absolute Gasteiger partial charge is 0.433 e. The molecular formula is C33H43ClO11S. The smallest absolute Gasteiger partial charge is 0.308 e. The number of halogens is 1. The Kier molecular flexibility index (Phi) is 12.9.